The highest BCUT2D eigenvalue weighted by Gasteiger charge is 2.55. The van der Waals surface area contributed by atoms with Crippen molar-refractivity contribution in [2.24, 2.45) is 0 Å². The van der Waals surface area contributed by atoms with Gasteiger partial charge in [-0.25, -0.2) is 4.79 Å². The lowest BCUT2D eigenvalue weighted by Crippen LogP contribution is -2.49. The minimum absolute atomic E-state index is 0.0321. The number of ether oxygens (including phenoxy) is 1. The topological polar surface area (TPSA) is 70.1 Å². The number of hydrogen-bond acceptors (Lipinski definition) is 4. The van der Waals surface area contributed by atoms with Gasteiger partial charge in [0.1, 0.15) is 24.0 Å². The van der Waals surface area contributed by atoms with Crippen molar-refractivity contribution in [2.75, 3.05) is 20.2 Å². The number of carbonyl (C=O) groups excluding carboxylic acids is 2. The SMILES string of the molecule is Cc1ccc(OCC(O)CN2C(=O)N(C)C3(CCCCC3)C2=O)cc1. The summed E-state index contributed by atoms with van der Waals surface area (Å²) in [6.45, 7) is 1.99. The number of imide groups is 1. The van der Waals surface area contributed by atoms with Gasteiger partial charge in [-0.15, -0.1) is 0 Å². The van der Waals surface area contributed by atoms with Crippen LogP contribution in [0.5, 0.6) is 5.75 Å². The maximum absolute atomic E-state index is 12.9. The van der Waals surface area contributed by atoms with E-state index >= 15 is 0 Å². The van der Waals surface area contributed by atoms with Crippen molar-refractivity contribution >= 4 is 11.9 Å². The number of β-amino-alcohol motifs (C(OH)–C–C–N with tert-alkyl or cyclic N) is 1. The molecule has 3 rings (SSSR count). The third-order valence-corrected chi connectivity index (χ3v) is 5.34. The van der Waals surface area contributed by atoms with Crippen molar-refractivity contribution in [1.29, 1.82) is 0 Å². The second kappa shape index (κ2) is 7.04. The van der Waals surface area contributed by atoms with Crippen molar-refractivity contribution in [3.63, 3.8) is 0 Å². The molecule has 0 bridgehead atoms. The Hall–Kier alpha value is -2.08. The summed E-state index contributed by atoms with van der Waals surface area (Å²) in [6, 6.07) is 7.20. The zero-order valence-corrected chi connectivity index (χ0v) is 14.9. The Kier molecular flexibility index (Phi) is 4.99. The van der Waals surface area contributed by atoms with Crippen molar-refractivity contribution in [3.8, 4) is 5.75 Å². The van der Waals surface area contributed by atoms with Crippen molar-refractivity contribution in [2.45, 2.75) is 50.7 Å². The van der Waals surface area contributed by atoms with Crippen LogP contribution in [0.25, 0.3) is 0 Å². The van der Waals surface area contributed by atoms with Crippen LogP contribution >= 0.6 is 0 Å². The van der Waals surface area contributed by atoms with E-state index in [4.69, 9.17) is 4.74 Å². The summed E-state index contributed by atoms with van der Waals surface area (Å²) in [6.07, 6.45) is 3.51. The summed E-state index contributed by atoms with van der Waals surface area (Å²) < 4.78 is 5.55. The minimum atomic E-state index is -0.915. The normalized spacial score (nSPS) is 21.1. The number of benzene rings is 1. The lowest BCUT2D eigenvalue weighted by atomic mass is 9.81. The van der Waals surface area contributed by atoms with Crippen molar-refractivity contribution < 1.29 is 19.4 Å². The van der Waals surface area contributed by atoms with Crippen LogP contribution in [0, 0.1) is 6.92 Å². The molecule has 3 amide bonds. The van der Waals surface area contributed by atoms with Gasteiger partial charge in [0.25, 0.3) is 5.91 Å². The number of nitrogens with zero attached hydrogens (tertiary/aromatic N) is 2. The van der Waals surface area contributed by atoms with Gasteiger partial charge in [-0.3, -0.25) is 9.69 Å². The van der Waals surface area contributed by atoms with Gasteiger partial charge in [-0.1, -0.05) is 37.0 Å². The summed E-state index contributed by atoms with van der Waals surface area (Å²) in [4.78, 5) is 28.1. The Bertz CT molecular complexity index is 637. The molecule has 1 aliphatic heterocycles. The highest BCUT2D eigenvalue weighted by molar-refractivity contribution is 6.07. The molecule has 25 heavy (non-hydrogen) atoms. The van der Waals surface area contributed by atoms with E-state index in [9.17, 15) is 14.7 Å². The quantitative estimate of drug-likeness (QED) is 0.831. The molecule has 1 aromatic carbocycles. The van der Waals surface area contributed by atoms with E-state index in [1.807, 2.05) is 31.2 Å². The first-order chi connectivity index (χ1) is 11.9. The third-order valence-electron chi connectivity index (χ3n) is 5.34. The Balaban J connectivity index is 1.60. The number of hydrogen-bond donors (Lipinski definition) is 1. The third kappa shape index (κ3) is 3.35. The Morgan fingerprint density at radius 1 is 1.16 bits per heavy atom. The molecule has 1 spiro atoms. The molecule has 1 N–H and O–H groups in total. The fourth-order valence-electron chi connectivity index (χ4n) is 3.78. The molecule has 1 saturated carbocycles. The molecular weight excluding hydrogens is 320 g/mol. The van der Waals surface area contributed by atoms with Crippen LogP contribution in [-0.2, 0) is 4.79 Å². The van der Waals surface area contributed by atoms with Gasteiger partial charge in [0.15, 0.2) is 0 Å². The van der Waals surface area contributed by atoms with E-state index in [0.29, 0.717) is 18.6 Å². The van der Waals surface area contributed by atoms with Gasteiger partial charge in [-0.05, 0) is 31.9 Å². The van der Waals surface area contributed by atoms with E-state index in [2.05, 4.69) is 0 Å². The largest absolute Gasteiger partial charge is 0.491 e. The highest BCUT2D eigenvalue weighted by Crippen LogP contribution is 2.39. The summed E-state index contributed by atoms with van der Waals surface area (Å²) in [5.41, 5.74) is 0.425. The number of carbonyl (C=O) groups is 2. The van der Waals surface area contributed by atoms with Crippen LogP contribution < -0.4 is 4.74 Å². The van der Waals surface area contributed by atoms with Crippen LogP contribution in [0.1, 0.15) is 37.7 Å². The van der Waals surface area contributed by atoms with Crippen LogP contribution in [0.2, 0.25) is 0 Å². The van der Waals surface area contributed by atoms with Crippen LogP contribution in [0.15, 0.2) is 24.3 Å². The molecule has 1 aliphatic carbocycles. The van der Waals surface area contributed by atoms with Crippen LogP contribution in [0.3, 0.4) is 0 Å². The number of aryl methyl sites for hydroxylation is 1. The average molecular weight is 346 g/mol. The molecule has 1 aromatic rings. The molecule has 1 unspecified atom stereocenters. The maximum atomic E-state index is 12.9. The van der Waals surface area contributed by atoms with Gasteiger partial charge in [0.2, 0.25) is 0 Å². The molecule has 6 heteroatoms. The van der Waals surface area contributed by atoms with E-state index in [1.54, 1.807) is 11.9 Å². The Morgan fingerprint density at radius 2 is 1.80 bits per heavy atom. The van der Waals surface area contributed by atoms with Crippen molar-refractivity contribution in [1.82, 2.24) is 9.80 Å². The standard InChI is InChI=1S/C19H26N2O4/c1-14-6-8-16(9-7-14)25-13-15(22)12-21-17(23)19(20(2)18(21)24)10-4-3-5-11-19/h6-9,15,22H,3-5,10-13H2,1-2H3. The smallest absolute Gasteiger partial charge is 0.327 e. The molecule has 0 radical (unpaired) electrons. The predicted octanol–water partition coefficient (Wildman–Crippen LogP) is 2.33. The molecule has 1 heterocycles. The summed E-state index contributed by atoms with van der Waals surface area (Å²) in [5, 5.41) is 10.2. The van der Waals surface area contributed by atoms with E-state index in [1.165, 1.54) is 4.90 Å². The maximum Gasteiger partial charge on any atom is 0.327 e. The van der Waals surface area contributed by atoms with Crippen molar-refractivity contribution in [3.05, 3.63) is 29.8 Å². The molecule has 1 saturated heterocycles. The lowest BCUT2D eigenvalue weighted by Gasteiger charge is -2.35. The Morgan fingerprint density at radius 3 is 2.44 bits per heavy atom. The molecule has 6 nitrogen and oxygen atoms in total. The monoisotopic (exact) mass is 346 g/mol. The summed E-state index contributed by atoms with van der Waals surface area (Å²) >= 11 is 0. The van der Waals surface area contributed by atoms with E-state index in [-0.39, 0.29) is 25.1 Å². The van der Waals surface area contributed by atoms with Gasteiger partial charge >= 0.3 is 6.03 Å². The summed E-state index contributed by atoms with van der Waals surface area (Å²) in [5.74, 6) is 0.485. The first kappa shape index (κ1) is 17.7. The molecular formula is C19H26N2O4. The zero-order chi connectivity index (χ0) is 18.0. The van der Waals surface area contributed by atoms with E-state index < -0.39 is 11.6 Å². The summed E-state index contributed by atoms with van der Waals surface area (Å²) in [7, 11) is 1.70. The first-order valence-corrected chi connectivity index (χ1v) is 8.91. The number of aliphatic hydroxyl groups is 1. The average Bonchev–Trinajstić information content (AvgIpc) is 2.78. The van der Waals surface area contributed by atoms with Gasteiger partial charge in [0.05, 0.1) is 6.54 Å². The number of urea groups is 1. The lowest BCUT2D eigenvalue weighted by molar-refractivity contribution is -0.135. The number of amides is 3. The zero-order valence-electron chi connectivity index (χ0n) is 14.9. The second-order valence-corrected chi connectivity index (χ2v) is 7.13. The van der Waals surface area contributed by atoms with E-state index in [0.717, 1.165) is 24.8 Å². The number of rotatable bonds is 5. The predicted molar refractivity (Wildman–Crippen MR) is 93.4 cm³/mol. The molecule has 1 atom stereocenters. The molecule has 2 aliphatic rings. The molecule has 0 aromatic heterocycles. The van der Waals surface area contributed by atoms with Gasteiger partial charge in [-0.2, -0.15) is 0 Å². The molecule has 2 fully saturated rings. The van der Waals surface area contributed by atoms with Gasteiger partial charge < -0.3 is 14.7 Å². The van der Waals surface area contributed by atoms with Crippen LogP contribution in [-0.4, -0.2) is 58.7 Å². The Labute approximate surface area is 148 Å². The fourth-order valence-corrected chi connectivity index (χ4v) is 3.78. The highest BCUT2D eigenvalue weighted by atomic mass is 16.5. The number of aliphatic hydroxyl groups excluding tert-OH is 1. The first-order valence-electron chi connectivity index (χ1n) is 8.91. The minimum Gasteiger partial charge on any atom is -0.491 e. The van der Waals surface area contributed by atoms with Gasteiger partial charge in [0, 0.05) is 7.05 Å². The van der Waals surface area contributed by atoms with Crippen LogP contribution in [0.4, 0.5) is 4.79 Å². The molecule has 136 valence electrons. The number of likely N-dealkylation sites (N-methyl/N-ethyl adjacent to an activating group) is 1. The fraction of sp³-hybridized carbons (Fsp3) is 0.579. The second-order valence-electron chi connectivity index (χ2n) is 7.13.